The van der Waals surface area contributed by atoms with Crippen LogP contribution in [0.2, 0.25) is 0 Å². The third-order valence-electron chi connectivity index (χ3n) is 7.78. The molecule has 205 valence electrons. The Kier molecular flexibility index (Phi) is 10.2. The van der Waals surface area contributed by atoms with Crippen molar-refractivity contribution < 1.29 is 34.4 Å². The summed E-state index contributed by atoms with van der Waals surface area (Å²) in [7, 11) is 0. The number of para-hydroxylation sites is 1. The number of aromatic nitrogens is 1. The molecular formula is C33H34IrNO4-. The zero-order valence-corrected chi connectivity index (χ0v) is 24.4. The number of carbonyl (C=O) groups excluding carboxylic acids is 1. The van der Waals surface area contributed by atoms with Gasteiger partial charge in [-0.2, -0.15) is 0 Å². The fraction of sp³-hybridized carbons (Fsp3) is 0.364. The Hall–Kier alpha value is -3.08. The second-order valence-corrected chi connectivity index (χ2v) is 10.4. The van der Waals surface area contributed by atoms with Gasteiger partial charge in [-0.25, -0.2) is 0 Å². The molecule has 0 bridgehead atoms. The van der Waals surface area contributed by atoms with Crippen LogP contribution in [0, 0.1) is 17.9 Å². The fourth-order valence-corrected chi connectivity index (χ4v) is 5.67. The Balaban J connectivity index is 0.000000181. The predicted molar refractivity (Wildman–Crippen MR) is 151 cm³/mol. The minimum Gasteiger partial charge on any atom is -0.512 e. The number of rotatable bonds is 4. The van der Waals surface area contributed by atoms with Crippen LogP contribution in [0.15, 0.2) is 81.8 Å². The number of benzene rings is 2. The zero-order chi connectivity index (χ0) is 26.3. The molecule has 0 saturated heterocycles. The summed E-state index contributed by atoms with van der Waals surface area (Å²) < 4.78 is 5.84. The molecule has 4 aromatic rings. The average molecular weight is 701 g/mol. The van der Waals surface area contributed by atoms with E-state index in [9.17, 15) is 14.7 Å². The molecule has 2 heterocycles. The number of aliphatic hydroxyl groups is 1. The largest absolute Gasteiger partial charge is 0.512 e. The summed E-state index contributed by atoms with van der Waals surface area (Å²) >= 11 is 0. The summed E-state index contributed by atoms with van der Waals surface area (Å²) in [6.45, 7) is 0. The summed E-state index contributed by atoms with van der Waals surface area (Å²) in [4.78, 5) is 29.1. The van der Waals surface area contributed by atoms with Crippen LogP contribution < -0.4 is 5.43 Å². The van der Waals surface area contributed by atoms with Crippen molar-refractivity contribution in [2.75, 3.05) is 0 Å². The molecule has 0 atom stereocenters. The first-order chi connectivity index (χ1) is 18.6. The number of pyridine rings is 1. The molecule has 2 aliphatic rings. The molecule has 2 saturated carbocycles. The van der Waals surface area contributed by atoms with E-state index >= 15 is 0 Å². The van der Waals surface area contributed by atoms with Crippen molar-refractivity contribution in [1.82, 2.24) is 4.98 Å². The van der Waals surface area contributed by atoms with Gasteiger partial charge in [-0.1, -0.05) is 68.9 Å². The van der Waals surface area contributed by atoms with Gasteiger partial charge in [0.25, 0.3) is 0 Å². The predicted octanol–water partition coefficient (Wildman–Crippen LogP) is 7.96. The van der Waals surface area contributed by atoms with Gasteiger partial charge in [0, 0.05) is 44.2 Å². The quantitative estimate of drug-likeness (QED) is 0.101. The molecule has 1 N–H and O–H groups in total. The summed E-state index contributed by atoms with van der Waals surface area (Å²) in [6, 6.07) is 19.5. The van der Waals surface area contributed by atoms with Gasteiger partial charge >= 0.3 is 0 Å². The van der Waals surface area contributed by atoms with E-state index in [2.05, 4.69) is 11.1 Å². The molecule has 2 aromatic carbocycles. The number of ketones is 1. The third kappa shape index (κ3) is 6.93. The molecule has 0 aliphatic heterocycles. The first kappa shape index (κ1) is 28.9. The molecular weight excluding hydrogens is 667 g/mol. The summed E-state index contributed by atoms with van der Waals surface area (Å²) in [5.41, 5.74) is 2.48. The number of hydrogen-bond donors (Lipinski definition) is 1. The van der Waals surface area contributed by atoms with E-state index in [1.54, 1.807) is 36.5 Å². The molecule has 2 aliphatic carbocycles. The van der Waals surface area contributed by atoms with Crippen LogP contribution in [-0.2, 0) is 24.9 Å². The SMILES string of the molecule is O=C(/C=C(\O)C1CCCCC1)C1CCCCC1.O=c1c2ccccc2oc2cc[c-]c(-c3ccccn3)c12.[Ir]. The van der Waals surface area contributed by atoms with E-state index in [1.807, 2.05) is 30.3 Å². The Labute approximate surface area is 242 Å². The van der Waals surface area contributed by atoms with Crippen molar-refractivity contribution in [2.45, 2.75) is 64.2 Å². The number of fused-ring (bicyclic) bond motifs is 2. The van der Waals surface area contributed by atoms with Crippen LogP contribution in [0.3, 0.4) is 0 Å². The van der Waals surface area contributed by atoms with Crippen LogP contribution >= 0.6 is 0 Å². The molecule has 0 spiro atoms. The normalized spacial score (nSPS) is 16.8. The maximum Gasteiger partial charge on any atom is 0.162 e. The maximum absolute atomic E-state index is 12.8. The number of nitrogens with zero attached hydrogens (tertiary/aromatic N) is 1. The molecule has 1 radical (unpaired) electrons. The van der Waals surface area contributed by atoms with E-state index in [-0.39, 0.29) is 43.2 Å². The van der Waals surface area contributed by atoms with Crippen LogP contribution in [0.25, 0.3) is 33.2 Å². The zero-order valence-electron chi connectivity index (χ0n) is 22.0. The molecule has 39 heavy (non-hydrogen) atoms. The molecule has 0 amide bonds. The molecule has 2 aromatic heterocycles. The van der Waals surface area contributed by atoms with Crippen molar-refractivity contribution >= 4 is 27.7 Å². The van der Waals surface area contributed by atoms with Gasteiger partial charge in [-0.15, -0.1) is 17.7 Å². The van der Waals surface area contributed by atoms with E-state index < -0.39 is 0 Å². The van der Waals surface area contributed by atoms with Gasteiger partial charge in [0.05, 0.1) is 16.7 Å². The van der Waals surface area contributed by atoms with Crippen LogP contribution in [0.4, 0.5) is 0 Å². The molecule has 6 heteroatoms. The van der Waals surface area contributed by atoms with Gasteiger partial charge in [0.1, 0.15) is 5.58 Å². The Bertz CT molecular complexity index is 1480. The number of carbonyl (C=O) groups is 1. The van der Waals surface area contributed by atoms with E-state index in [4.69, 9.17) is 4.42 Å². The van der Waals surface area contributed by atoms with Gasteiger partial charge in [0.15, 0.2) is 11.2 Å². The van der Waals surface area contributed by atoms with Crippen molar-refractivity contribution in [2.24, 2.45) is 11.8 Å². The first-order valence-corrected chi connectivity index (χ1v) is 13.8. The minimum absolute atomic E-state index is 0. The van der Waals surface area contributed by atoms with Gasteiger partial charge in [-0.05, 0) is 55.0 Å². The van der Waals surface area contributed by atoms with Gasteiger partial charge < -0.3 is 14.5 Å². The number of allylic oxidation sites excluding steroid dienone is 2. The molecule has 0 unspecified atom stereocenters. The van der Waals surface area contributed by atoms with Crippen LogP contribution in [-0.4, -0.2) is 15.9 Å². The topological polar surface area (TPSA) is 80.4 Å². The van der Waals surface area contributed by atoms with E-state index in [0.29, 0.717) is 39.0 Å². The standard InChI is InChI=1S/C18H10NO2.C15H24O2.Ir/c20-18-13-6-1-2-9-15(13)21-16-10-5-7-12(17(16)18)14-8-3-4-11-19-14;16-14(12-7-3-1-4-8-12)11-15(17)13-9-5-2-6-10-13;/h1-6,8-11H;11-13,16H,1-10H2;/q-1;;/b;14-11-;. The average Bonchev–Trinajstić information content (AvgIpc) is 2.98. The molecule has 6 rings (SSSR count). The Morgan fingerprint density at radius 3 is 2.23 bits per heavy atom. The summed E-state index contributed by atoms with van der Waals surface area (Å²) in [5.74, 6) is 0.985. The van der Waals surface area contributed by atoms with Crippen LogP contribution in [0.5, 0.6) is 0 Å². The second-order valence-electron chi connectivity index (χ2n) is 10.4. The third-order valence-corrected chi connectivity index (χ3v) is 7.78. The van der Waals surface area contributed by atoms with Gasteiger partial charge in [0.2, 0.25) is 0 Å². The second kappa shape index (κ2) is 13.8. The van der Waals surface area contributed by atoms with E-state index in [1.165, 1.54) is 38.5 Å². The molecule has 5 nitrogen and oxygen atoms in total. The summed E-state index contributed by atoms with van der Waals surface area (Å²) in [5, 5.41) is 11.1. The van der Waals surface area contributed by atoms with Crippen LogP contribution in [0.1, 0.15) is 64.2 Å². The van der Waals surface area contributed by atoms with Crippen molar-refractivity contribution in [3.63, 3.8) is 0 Å². The van der Waals surface area contributed by atoms with Crippen molar-refractivity contribution in [3.8, 4) is 11.3 Å². The van der Waals surface area contributed by atoms with Crippen molar-refractivity contribution in [3.05, 3.63) is 88.9 Å². The fourth-order valence-electron chi connectivity index (χ4n) is 5.67. The number of hydrogen-bond acceptors (Lipinski definition) is 5. The van der Waals surface area contributed by atoms with Crippen molar-refractivity contribution in [1.29, 1.82) is 0 Å². The minimum atomic E-state index is -0.0515. The number of aliphatic hydroxyl groups excluding tert-OH is 1. The Morgan fingerprint density at radius 2 is 1.54 bits per heavy atom. The Morgan fingerprint density at radius 1 is 0.872 bits per heavy atom. The first-order valence-electron chi connectivity index (χ1n) is 13.8. The van der Waals surface area contributed by atoms with Gasteiger partial charge in [-0.3, -0.25) is 9.59 Å². The molecule has 2 fully saturated rings. The smallest absolute Gasteiger partial charge is 0.162 e. The van der Waals surface area contributed by atoms with E-state index in [0.717, 1.165) is 25.7 Å². The monoisotopic (exact) mass is 701 g/mol. The summed E-state index contributed by atoms with van der Waals surface area (Å²) in [6.07, 6.45) is 14.7. The maximum atomic E-state index is 12.8.